The van der Waals surface area contributed by atoms with Crippen LogP contribution in [0.4, 0.5) is 11.4 Å². The first-order valence-corrected chi connectivity index (χ1v) is 9.40. The van der Waals surface area contributed by atoms with Crippen molar-refractivity contribution in [1.82, 2.24) is 0 Å². The number of carbonyl (C=O) groups excluding carboxylic acids is 2. The molecule has 3 aromatic carbocycles. The Labute approximate surface area is 158 Å². The quantitative estimate of drug-likeness (QED) is 0.689. The molecule has 0 atom stereocenters. The Bertz CT molecular complexity index is 1010. The van der Waals surface area contributed by atoms with Crippen molar-refractivity contribution in [2.75, 3.05) is 16.8 Å². The fraction of sp³-hybridized carbons (Fsp3) is 0.217. The van der Waals surface area contributed by atoms with Gasteiger partial charge in [-0.05, 0) is 30.2 Å². The number of nitrogens with zero attached hydrogens (tertiary/aromatic N) is 1. The third kappa shape index (κ3) is 3.19. The van der Waals surface area contributed by atoms with E-state index in [-0.39, 0.29) is 11.8 Å². The third-order valence-electron chi connectivity index (χ3n) is 5.00. The van der Waals surface area contributed by atoms with Gasteiger partial charge in [-0.2, -0.15) is 0 Å². The molecule has 0 spiro atoms. The Hall–Kier alpha value is -3.14. The van der Waals surface area contributed by atoms with Gasteiger partial charge in [0.1, 0.15) is 0 Å². The standard InChI is InChI=1S/C23H22N2O2/c1-2-3-14-25-20-13-12-19(17-10-7-11-18(22(17)20)23(25)27)24-21(26)15-16-8-5-4-6-9-16/h4-13H,2-3,14-15H2,1H3,(H,24,26). The van der Waals surface area contributed by atoms with Crippen LogP contribution in [0.1, 0.15) is 35.7 Å². The van der Waals surface area contributed by atoms with Crippen LogP contribution in [0, 0.1) is 0 Å². The predicted octanol–water partition coefficient (Wildman–Crippen LogP) is 4.78. The van der Waals surface area contributed by atoms with Crippen molar-refractivity contribution in [3.05, 3.63) is 71.8 Å². The smallest absolute Gasteiger partial charge is 0.258 e. The highest BCUT2D eigenvalue weighted by atomic mass is 16.2. The number of amides is 2. The molecule has 1 heterocycles. The van der Waals surface area contributed by atoms with Crippen molar-refractivity contribution in [2.45, 2.75) is 26.2 Å². The molecule has 2 amide bonds. The first kappa shape index (κ1) is 17.3. The Morgan fingerprint density at radius 3 is 2.59 bits per heavy atom. The predicted molar refractivity (Wildman–Crippen MR) is 109 cm³/mol. The normalized spacial score (nSPS) is 12.6. The van der Waals surface area contributed by atoms with Gasteiger partial charge in [-0.3, -0.25) is 9.59 Å². The number of rotatable bonds is 6. The number of nitrogens with one attached hydrogen (secondary N) is 1. The van der Waals surface area contributed by atoms with Crippen molar-refractivity contribution in [2.24, 2.45) is 0 Å². The molecule has 27 heavy (non-hydrogen) atoms. The van der Waals surface area contributed by atoms with Crippen LogP contribution in [-0.2, 0) is 11.2 Å². The van der Waals surface area contributed by atoms with Gasteiger partial charge in [0.25, 0.3) is 5.91 Å². The third-order valence-corrected chi connectivity index (χ3v) is 5.00. The van der Waals surface area contributed by atoms with Gasteiger partial charge in [-0.15, -0.1) is 0 Å². The molecule has 0 radical (unpaired) electrons. The molecule has 0 aromatic heterocycles. The first-order valence-electron chi connectivity index (χ1n) is 9.40. The lowest BCUT2D eigenvalue weighted by molar-refractivity contribution is -0.115. The van der Waals surface area contributed by atoms with Crippen molar-refractivity contribution in [3.63, 3.8) is 0 Å². The van der Waals surface area contributed by atoms with Crippen LogP contribution in [0.5, 0.6) is 0 Å². The Kier molecular flexibility index (Phi) is 4.63. The van der Waals surface area contributed by atoms with Crippen molar-refractivity contribution in [3.8, 4) is 0 Å². The summed E-state index contributed by atoms with van der Waals surface area (Å²) in [5.41, 5.74) is 3.39. The number of hydrogen-bond acceptors (Lipinski definition) is 2. The van der Waals surface area contributed by atoms with Crippen LogP contribution in [0.2, 0.25) is 0 Å². The van der Waals surface area contributed by atoms with E-state index in [0.717, 1.165) is 52.7 Å². The first-order chi connectivity index (χ1) is 13.2. The second-order valence-corrected chi connectivity index (χ2v) is 6.88. The molecule has 0 bridgehead atoms. The number of carbonyl (C=O) groups is 2. The highest BCUT2D eigenvalue weighted by Crippen LogP contribution is 2.40. The monoisotopic (exact) mass is 358 g/mol. The maximum atomic E-state index is 12.8. The summed E-state index contributed by atoms with van der Waals surface area (Å²) in [5.74, 6) is -0.00845. The molecule has 4 nitrogen and oxygen atoms in total. The summed E-state index contributed by atoms with van der Waals surface area (Å²) in [6.07, 6.45) is 2.33. The summed E-state index contributed by atoms with van der Waals surface area (Å²) in [4.78, 5) is 27.1. The van der Waals surface area contributed by atoms with Gasteiger partial charge >= 0.3 is 0 Å². The van der Waals surface area contributed by atoms with E-state index in [1.54, 1.807) is 0 Å². The molecule has 1 aliphatic heterocycles. The van der Waals surface area contributed by atoms with Crippen molar-refractivity contribution >= 4 is 34.0 Å². The van der Waals surface area contributed by atoms with E-state index >= 15 is 0 Å². The van der Waals surface area contributed by atoms with Crippen molar-refractivity contribution < 1.29 is 9.59 Å². The van der Waals surface area contributed by atoms with Crippen LogP contribution in [0.25, 0.3) is 10.8 Å². The molecule has 136 valence electrons. The van der Waals surface area contributed by atoms with Gasteiger partial charge in [0.15, 0.2) is 0 Å². The lowest BCUT2D eigenvalue weighted by Crippen LogP contribution is -2.27. The minimum Gasteiger partial charge on any atom is -0.325 e. The molecule has 4 rings (SSSR count). The maximum absolute atomic E-state index is 12.8. The Balaban J connectivity index is 1.66. The molecule has 4 heteroatoms. The van der Waals surface area contributed by atoms with E-state index in [9.17, 15) is 9.59 Å². The van der Waals surface area contributed by atoms with E-state index in [4.69, 9.17) is 0 Å². The van der Waals surface area contributed by atoms with Gasteiger partial charge in [-0.1, -0.05) is 55.8 Å². The molecule has 0 saturated carbocycles. The number of benzene rings is 3. The molecule has 1 aliphatic rings. The average molecular weight is 358 g/mol. The summed E-state index contributed by atoms with van der Waals surface area (Å²) >= 11 is 0. The van der Waals surface area contributed by atoms with Gasteiger partial charge in [-0.25, -0.2) is 0 Å². The minimum absolute atomic E-state index is 0.0526. The highest BCUT2D eigenvalue weighted by molar-refractivity contribution is 6.27. The summed E-state index contributed by atoms with van der Waals surface area (Å²) in [6, 6.07) is 19.3. The fourth-order valence-electron chi connectivity index (χ4n) is 3.67. The van der Waals surface area contributed by atoms with Gasteiger partial charge in [0.2, 0.25) is 5.91 Å². The second kappa shape index (κ2) is 7.23. The summed E-state index contributed by atoms with van der Waals surface area (Å²) in [7, 11) is 0. The SMILES string of the molecule is CCCCN1C(=O)c2cccc3c(NC(=O)Cc4ccccc4)ccc1c23. The highest BCUT2D eigenvalue weighted by Gasteiger charge is 2.30. The number of anilines is 2. The van der Waals surface area contributed by atoms with Crippen LogP contribution in [-0.4, -0.2) is 18.4 Å². The minimum atomic E-state index is -0.0611. The maximum Gasteiger partial charge on any atom is 0.258 e. The summed E-state index contributed by atoms with van der Waals surface area (Å²) in [5, 5.41) is 4.88. The zero-order valence-corrected chi connectivity index (χ0v) is 15.4. The fourth-order valence-corrected chi connectivity index (χ4v) is 3.67. The Morgan fingerprint density at radius 2 is 1.81 bits per heavy atom. The summed E-state index contributed by atoms with van der Waals surface area (Å²) in [6.45, 7) is 2.84. The van der Waals surface area contributed by atoms with E-state index in [1.165, 1.54) is 0 Å². The lowest BCUT2D eigenvalue weighted by atomic mass is 10.0. The molecule has 3 aromatic rings. The number of unbranched alkanes of at least 4 members (excludes halogenated alkanes) is 1. The molecule has 0 aliphatic carbocycles. The molecule has 1 N–H and O–H groups in total. The lowest BCUT2D eigenvalue weighted by Gasteiger charge is -2.17. The van der Waals surface area contributed by atoms with Crippen LogP contribution < -0.4 is 10.2 Å². The number of hydrogen-bond donors (Lipinski definition) is 1. The summed E-state index contributed by atoms with van der Waals surface area (Å²) < 4.78 is 0. The Morgan fingerprint density at radius 1 is 1.00 bits per heavy atom. The van der Waals surface area contributed by atoms with E-state index < -0.39 is 0 Å². The molecule has 0 saturated heterocycles. The molecule has 0 fully saturated rings. The average Bonchev–Trinajstić information content (AvgIpc) is 2.96. The van der Waals surface area contributed by atoms with Crippen LogP contribution in [0.15, 0.2) is 60.7 Å². The largest absolute Gasteiger partial charge is 0.325 e. The van der Waals surface area contributed by atoms with Crippen LogP contribution in [0.3, 0.4) is 0 Å². The van der Waals surface area contributed by atoms with Gasteiger partial charge in [0, 0.05) is 28.6 Å². The molecule has 0 unspecified atom stereocenters. The zero-order valence-electron chi connectivity index (χ0n) is 15.4. The van der Waals surface area contributed by atoms with E-state index in [2.05, 4.69) is 12.2 Å². The van der Waals surface area contributed by atoms with E-state index in [1.807, 2.05) is 65.6 Å². The van der Waals surface area contributed by atoms with Gasteiger partial charge < -0.3 is 10.2 Å². The molecular formula is C23H22N2O2. The zero-order chi connectivity index (χ0) is 18.8. The van der Waals surface area contributed by atoms with Crippen molar-refractivity contribution in [1.29, 1.82) is 0 Å². The van der Waals surface area contributed by atoms with Gasteiger partial charge in [0.05, 0.1) is 12.1 Å². The second-order valence-electron chi connectivity index (χ2n) is 6.88. The van der Waals surface area contributed by atoms with E-state index in [0.29, 0.717) is 6.42 Å². The molecular weight excluding hydrogens is 336 g/mol. The van der Waals surface area contributed by atoms with Crippen LogP contribution >= 0.6 is 0 Å². The topological polar surface area (TPSA) is 49.4 Å².